The topological polar surface area (TPSA) is 110 Å². The minimum Gasteiger partial charge on any atom is -0.385 e. The largest absolute Gasteiger partial charge is 0.385 e. The summed E-state index contributed by atoms with van der Waals surface area (Å²) in [5.41, 5.74) is 5.72. The molecule has 0 saturated heterocycles. The van der Waals surface area contributed by atoms with E-state index in [1.807, 2.05) is 30.3 Å². The van der Waals surface area contributed by atoms with Crippen LogP contribution in [-0.2, 0) is 16.1 Å². The number of benzene rings is 1. The van der Waals surface area contributed by atoms with E-state index in [0.717, 1.165) is 5.56 Å². The van der Waals surface area contributed by atoms with Crippen LogP contribution >= 0.6 is 0 Å². The lowest BCUT2D eigenvalue weighted by Crippen LogP contribution is -2.41. The van der Waals surface area contributed by atoms with Crippen LogP contribution in [0, 0.1) is 0 Å². The molecule has 2 aromatic rings. The second-order valence-corrected chi connectivity index (χ2v) is 5.81. The van der Waals surface area contributed by atoms with Crippen LogP contribution in [0.15, 0.2) is 39.9 Å². The first kappa shape index (κ1) is 19.5. The van der Waals surface area contributed by atoms with Crippen LogP contribution in [0.3, 0.4) is 0 Å². The Morgan fingerprint density at radius 1 is 1.27 bits per heavy atom. The van der Waals surface area contributed by atoms with Gasteiger partial charge >= 0.3 is 5.69 Å². The maximum atomic E-state index is 12.4. The third-order valence-electron chi connectivity index (χ3n) is 4.00. The van der Waals surface area contributed by atoms with Crippen molar-refractivity contribution in [3.63, 3.8) is 0 Å². The predicted molar refractivity (Wildman–Crippen MR) is 100 cm³/mol. The van der Waals surface area contributed by atoms with E-state index in [4.69, 9.17) is 10.5 Å². The summed E-state index contributed by atoms with van der Waals surface area (Å²) in [6, 6.07) is 9.27. The van der Waals surface area contributed by atoms with Crippen LogP contribution in [0.4, 0.5) is 11.5 Å². The molecule has 3 N–H and O–H groups in total. The molecule has 2 rings (SSSR count). The van der Waals surface area contributed by atoms with Gasteiger partial charge in [-0.3, -0.25) is 19.1 Å². The van der Waals surface area contributed by atoms with E-state index >= 15 is 0 Å². The molecule has 0 aliphatic carbocycles. The Kier molecular flexibility index (Phi) is 6.74. The normalized spacial score (nSPS) is 10.7. The van der Waals surface area contributed by atoms with Crippen LogP contribution in [0.5, 0.6) is 0 Å². The Bertz CT molecular complexity index is 858. The number of amides is 1. The van der Waals surface area contributed by atoms with Crippen LogP contribution in [0.1, 0.15) is 25.3 Å². The fraction of sp³-hybridized carbons (Fsp3) is 0.389. The number of nitrogen functional groups attached to an aromatic ring is 1. The lowest BCUT2D eigenvalue weighted by atomic mass is 10.2. The van der Waals surface area contributed by atoms with Crippen molar-refractivity contribution in [1.82, 2.24) is 9.55 Å². The van der Waals surface area contributed by atoms with Gasteiger partial charge in [0.1, 0.15) is 5.82 Å². The molecule has 1 aromatic heterocycles. The van der Waals surface area contributed by atoms with Gasteiger partial charge in [-0.1, -0.05) is 37.3 Å². The lowest BCUT2D eigenvalue weighted by molar-refractivity contribution is -0.118. The zero-order chi connectivity index (χ0) is 19.1. The average molecular weight is 360 g/mol. The van der Waals surface area contributed by atoms with E-state index in [9.17, 15) is 14.4 Å². The zero-order valence-corrected chi connectivity index (χ0v) is 15.0. The second-order valence-electron chi connectivity index (χ2n) is 5.81. The Morgan fingerprint density at radius 2 is 1.96 bits per heavy atom. The Labute approximate surface area is 151 Å². The van der Waals surface area contributed by atoms with Crippen molar-refractivity contribution >= 4 is 17.4 Å². The third kappa shape index (κ3) is 4.40. The molecular formula is C18H24N4O4. The first-order chi connectivity index (χ1) is 12.5. The van der Waals surface area contributed by atoms with Crippen molar-refractivity contribution in [2.45, 2.75) is 26.3 Å². The van der Waals surface area contributed by atoms with E-state index in [0.29, 0.717) is 13.0 Å². The van der Waals surface area contributed by atoms with Crippen molar-refractivity contribution in [2.24, 2.45) is 0 Å². The number of H-pyrrole nitrogens is 1. The number of hydrogen-bond donors (Lipinski definition) is 2. The molecular weight excluding hydrogens is 336 g/mol. The van der Waals surface area contributed by atoms with E-state index in [1.165, 1.54) is 9.47 Å². The molecule has 0 saturated carbocycles. The van der Waals surface area contributed by atoms with Crippen molar-refractivity contribution in [2.75, 3.05) is 30.9 Å². The Hall–Kier alpha value is -2.87. The highest BCUT2D eigenvalue weighted by molar-refractivity contribution is 5.95. The highest BCUT2D eigenvalue weighted by Crippen LogP contribution is 2.19. The van der Waals surface area contributed by atoms with Crippen molar-refractivity contribution < 1.29 is 9.53 Å². The average Bonchev–Trinajstić information content (AvgIpc) is 2.64. The molecule has 1 amide bonds. The standard InChI is InChI=1S/C18H24N4O4/c1-3-14(23)21(10-7-11-26-2)15-16(19)22(18(25)20-17(15)24)12-13-8-5-4-6-9-13/h4-6,8-9H,3,7,10-12,19H2,1-2H3,(H,20,24,25). The molecule has 8 heteroatoms. The summed E-state index contributed by atoms with van der Waals surface area (Å²) >= 11 is 0. The van der Waals surface area contributed by atoms with Gasteiger partial charge in [-0.25, -0.2) is 4.79 Å². The number of aromatic nitrogens is 2. The van der Waals surface area contributed by atoms with Gasteiger partial charge in [-0.05, 0) is 12.0 Å². The molecule has 1 heterocycles. The number of nitrogens with one attached hydrogen (secondary N) is 1. The highest BCUT2D eigenvalue weighted by atomic mass is 16.5. The van der Waals surface area contributed by atoms with Crippen molar-refractivity contribution in [3.8, 4) is 0 Å². The molecule has 26 heavy (non-hydrogen) atoms. The molecule has 0 fully saturated rings. The Balaban J connectivity index is 2.49. The molecule has 0 unspecified atom stereocenters. The molecule has 0 bridgehead atoms. The number of anilines is 2. The van der Waals surface area contributed by atoms with E-state index in [1.54, 1.807) is 14.0 Å². The smallest absolute Gasteiger partial charge is 0.330 e. The molecule has 0 atom stereocenters. The van der Waals surface area contributed by atoms with E-state index in [-0.39, 0.29) is 36.9 Å². The molecule has 0 aliphatic rings. The molecule has 0 spiro atoms. The second kappa shape index (κ2) is 9.00. The van der Waals surface area contributed by atoms with Gasteiger partial charge in [-0.15, -0.1) is 0 Å². The summed E-state index contributed by atoms with van der Waals surface area (Å²) in [6.07, 6.45) is 0.753. The molecule has 140 valence electrons. The number of methoxy groups -OCH3 is 1. The number of aromatic amines is 1. The molecule has 0 aliphatic heterocycles. The zero-order valence-electron chi connectivity index (χ0n) is 15.0. The monoisotopic (exact) mass is 360 g/mol. The summed E-state index contributed by atoms with van der Waals surface area (Å²) in [5.74, 6) is -0.273. The van der Waals surface area contributed by atoms with Gasteiger partial charge in [0.25, 0.3) is 5.56 Å². The first-order valence-electron chi connectivity index (χ1n) is 8.45. The predicted octanol–water partition coefficient (Wildman–Crippen LogP) is 0.947. The molecule has 1 aromatic carbocycles. The van der Waals surface area contributed by atoms with Crippen molar-refractivity contribution in [3.05, 3.63) is 56.7 Å². The van der Waals surface area contributed by atoms with Crippen LogP contribution in [0.2, 0.25) is 0 Å². The quantitative estimate of drug-likeness (QED) is 0.681. The number of ether oxygens (including phenoxy) is 1. The molecule has 0 radical (unpaired) electrons. The fourth-order valence-corrected chi connectivity index (χ4v) is 2.68. The minimum absolute atomic E-state index is 0.00323. The summed E-state index contributed by atoms with van der Waals surface area (Å²) in [5, 5.41) is 0. The number of nitrogens with zero attached hydrogens (tertiary/aromatic N) is 2. The van der Waals surface area contributed by atoms with Gasteiger partial charge in [0, 0.05) is 26.7 Å². The number of carbonyl (C=O) groups is 1. The van der Waals surface area contributed by atoms with Gasteiger partial charge in [-0.2, -0.15) is 0 Å². The van der Waals surface area contributed by atoms with Gasteiger partial charge in [0.2, 0.25) is 5.91 Å². The summed E-state index contributed by atoms with van der Waals surface area (Å²) in [7, 11) is 1.56. The van der Waals surface area contributed by atoms with Crippen LogP contribution in [-0.4, -0.2) is 35.7 Å². The minimum atomic E-state index is -0.670. The summed E-state index contributed by atoms with van der Waals surface area (Å²) in [4.78, 5) is 40.6. The molecule has 8 nitrogen and oxygen atoms in total. The fourth-order valence-electron chi connectivity index (χ4n) is 2.68. The number of carbonyl (C=O) groups excluding carboxylic acids is 1. The lowest BCUT2D eigenvalue weighted by Gasteiger charge is -2.24. The number of nitrogens with two attached hydrogens (primary N) is 1. The Morgan fingerprint density at radius 3 is 2.58 bits per heavy atom. The van der Waals surface area contributed by atoms with Gasteiger partial charge < -0.3 is 15.4 Å². The highest BCUT2D eigenvalue weighted by Gasteiger charge is 2.23. The third-order valence-corrected chi connectivity index (χ3v) is 4.00. The maximum Gasteiger partial charge on any atom is 0.330 e. The first-order valence-corrected chi connectivity index (χ1v) is 8.45. The van der Waals surface area contributed by atoms with Crippen molar-refractivity contribution in [1.29, 1.82) is 0 Å². The number of hydrogen-bond acceptors (Lipinski definition) is 5. The number of rotatable bonds is 8. The van der Waals surface area contributed by atoms with E-state index in [2.05, 4.69) is 4.98 Å². The van der Waals surface area contributed by atoms with Crippen LogP contribution < -0.4 is 21.9 Å². The maximum absolute atomic E-state index is 12.4. The van der Waals surface area contributed by atoms with Gasteiger partial charge in [0.05, 0.1) is 6.54 Å². The van der Waals surface area contributed by atoms with Crippen LogP contribution in [0.25, 0.3) is 0 Å². The summed E-state index contributed by atoms with van der Waals surface area (Å²) < 4.78 is 6.28. The SMILES string of the molecule is CCC(=O)N(CCCOC)c1c(N)n(Cc2ccccc2)c(=O)[nH]c1=O. The van der Waals surface area contributed by atoms with E-state index < -0.39 is 11.2 Å². The van der Waals surface area contributed by atoms with Gasteiger partial charge in [0.15, 0.2) is 5.69 Å². The summed E-state index contributed by atoms with van der Waals surface area (Å²) in [6.45, 7) is 2.61.